The number of aromatic nitrogens is 1. The summed E-state index contributed by atoms with van der Waals surface area (Å²) in [6, 6.07) is 8.57. The second-order valence-corrected chi connectivity index (χ2v) is 6.22. The topological polar surface area (TPSA) is 24.9 Å². The molecular formula is C14H12Br2N2. The molecule has 18 heavy (non-hydrogen) atoms. The highest BCUT2D eigenvalue weighted by molar-refractivity contribution is 9.11. The zero-order valence-electron chi connectivity index (χ0n) is 9.71. The van der Waals surface area contributed by atoms with E-state index in [1.165, 1.54) is 30.4 Å². The molecule has 1 heterocycles. The Morgan fingerprint density at radius 1 is 1.06 bits per heavy atom. The first-order valence-corrected chi connectivity index (χ1v) is 7.51. The van der Waals surface area contributed by atoms with Gasteiger partial charge in [0.15, 0.2) is 0 Å². The Kier molecular flexibility index (Phi) is 3.39. The number of benzene rings is 1. The molecule has 0 amide bonds. The Hall–Kier alpha value is -0.870. The van der Waals surface area contributed by atoms with Crippen LogP contribution < -0.4 is 5.32 Å². The van der Waals surface area contributed by atoms with Gasteiger partial charge >= 0.3 is 0 Å². The van der Waals surface area contributed by atoms with E-state index >= 15 is 0 Å². The molecule has 0 aliphatic heterocycles. The molecular weight excluding hydrogens is 356 g/mol. The second-order valence-electron chi connectivity index (χ2n) is 4.45. The number of hydrogen-bond donors (Lipinski definition) is 1. The van der Waals surface area contributed by atoms with Crippen molar-refractivity contribution in [3.8, 4) is 0 Å². The van der Waals surface area contributed by atoms with E-state index in [4.69, 9.17) is 0 Å². The third-order valence-electron chi connectivity index (χ3n) is 3.17. The fraction of sp³-hybridized carbons (Fsp3) is 0.214. The van der Waals surface area contributed by atoms with E-state index in [2.05, 4.69) is 60.4 Å². The van der Waals surface area contributed by atoms with Crippen molar-refractivity contribution in [3.05, 3.63) is 50.5 Å². The Bertz CT molecular complexity index is 596. The lowest BCUT2D eigenvalue weighted by Gasteiger charge is -2.09. The lowest BCUT2D eigenvalue weighted by Crippen LogP contribution is -1.95. The number of halogens is 2. The number of anilines is 2. The van der Waals surface area contributed by atoms with Gasteiger partial charge < -0.3 is 5.32 Å². The molecule has 0 atom stereocenters. The molecule has 1 aliphatic carbocycles. The van der Waals surface area contributed by atoms with Gasteiger partial charge in [0.05, 0.1) is 4.47 Å². The number of aryl methyl sites for hydroxylation is 2. The Balaban J connectivity index is 1.88. The summed E-state index contributed by atoms with van der Waals surface area (Å²) in [6.45, 7) is 0. The number of hydrogen-bond acceptors (Lipinski definition) is 2. The molecule has 0 saturated heterocycles. The first-order valence-electron chi connectivity index (χ1n) is 5.92. The van der Waals surface area contributed by atoms with Crippen molar-refractivity contribution in [1.82, 2.24) is 4.98 Å². The summed E-state index contributed by atoms with van der Waals surface area (Å²) in [4.78, 5) is 4.36. The zero-order valence-corrected chi connectivity index (χ0v) is 12.9. The van der Waals surface area contributed by atoms with Crippen LogP contribution in [0.25, 0.3) is 0 Å². The fourth-order valence-corrected chi connectivity index (χ4v) is 3.38. The van der Waals surface area contributed by atoms with Crippen molar-refractivity contribution in [3.63, 3.8) is 0 Å². The number of rotatable bonds is 2. The molecule has 0 unspecified atom stereocenters. The van der Waals surface area contributed by atoms with E-state index in [1.54, 1.807) is 6.20 Å². The van der Waals surface area contributed by atoms with E-state index in [0.717, 1.165) is 20.5 Å². The summed E-state index contributed by atoms with van der Waals surface area (Å²) < 4.78 is 1.92. The van der Waals surface area contributed by atoms with E-state index in [1.807, 2.05) is 6.07 Å². The molecule has 3 rings (SSSR count). The van der Waals surface area contributed by atoms with Crippen molar-refractivity contribution in [2.24, 2.45) is 0 Å². The molecule has 0 saturated carbocycles. The highest BCUT2D eigenvalue weighted by Crippen LogP contribution is 2.29. The van der Waals surface area contributed by atoms with Crippen LogP contribution in [-0.2, 0) is 12.8 Å². The van der Waals surface area contributed by atoms with Crippen molar-refractivity contribution in [1.29, 1.82) is 0 Å². The average Bonchev–Trinajstić information content (AvgIpc) is 2.80. The molecule has 0 fully saturated rings. The maximum absolute atomic E-state index is 4.36. The van der Waals surface area contributed by atoms with Crippen LogP contribution in [-0.4, -0.2) is 4.98 Å². The van der Waals surface area contributed by atoms with Crippen LogP contribution in [0.15, 0.2) is 39.4 Å². The minimum Gasteiger partial charge on any atom is -0.339 e. The number of fused-ring (bicyclic) bond motifs is 1. The maximum atomic E-state index is 4.36. The molecule has 0 bridgehead atoms. The third kappa shape index (κ3) is 2.45. The summed E-state index contributed by atoms with van der Waals surface area (Å²) in [5.74, 6) is 0.844. The lowest BCUT2D eigenvalue weighted by molar-refractivity contribution is 0.912. The normalized spacial score (nSPS) is 13.4. The smallest absolute Gasteiger partial charge is 0.144 e. The average molecular weight is 368 g/mol. The highest BCUT2D eigenvalue weighted by atomic mass is 79.9. The molecule has 1 N–H and O–H groups in total. The quantitative estimate of drug-likeness (QED) is 0.821. The van der Waals surface area contributed by atoms with Crippen LogP contribution in [0.1, 0.15) is 17.5 Å². The standard InChI is InChI=1S/C14H12Br2N2/c15-11-7-13(16)14(17-8-11)18-12-5-4-9-2-1-3-10(9)6-12/h4-8H,1-3H2,(H,17,18). The van der Waals surface area contributed by atoms with Crippen molar-refractivity contribution in [2.45, 2.75) is 19.3 Å². The number of pyridine rings is 1. The lowest BCUT2D eigenvalue weighted by atomic mass is 10.1. The molecule has 0 radical (unpaired) electrons. The molecule has 1 aromatic carbocycles. The predicted molar refractivity (Wildman–Crippen MR) is 81.4 cm³/mol. The summed E-state index contributed by atoms with van der Waals surface area (Å²) in [7, 11) is 0. The van der Waals surface area contributed by atoms with Crippen molar-refractivity contribution in [2.75, 3.05) is 5.32 Å². The maximum Gasteiger partial charge on any atom is 0.144 e. The van der Waals surface area contributed by atoms with Crippen LogP contribution >= 0.6 is 31.9 Å². The van der Waals surface area contributed by atoms with Gasteiger partial charge in [0.1, 0.15) is 5.82 Å². The second kappa shape index (κ2) is 5.02. The first kappa shape index (κ1) is 12.2. The van der Waals surface area contributed by atoms with Gasteiger partial charge in [-0.25, -0.2) is 4.98 Å². The molecule has 0 spiro atoms. The largest absolute Gasteiger partial charge is 0.339 e. The van der Waals surface area contributed by atoms with Gasteiger partial charge in [-0.1, -0.05) is 6.07 Å². The van der Waals surface area contributed by atoms with E-state index in [9.17, 15) is 0 Å². The van der Waals surface area contributed by atoms with Gasteiger partial charge in [0.25, 0.3) is 0 Å². The molecule has 2 aromatic rings. The Morgan fingerprint density at radius 2 is 1.89 bits per heavy atom. The monoisotopic (exact) mass is 366 g/mol. The summed E-state index contributed by atoms with van der Waals surface area (Å²) in [5.41, 5.74) is 4.06. The molecule has 1 aromatic heterocycles. The van der Waals surface area contributed by atoms with Gasteiger partial charge in [0.2, 0.25) is 0 Å². The molecule has 2 nitrogen and oxygen atoms in total. The zero-order chi connectivity index (χ0) is 12.5. The molecule has 92 valence electrons. The van der Waals surface area contributed by atoms with E-state index < -0.39 is 0 Å². The van der Waals surface area contributed by atoms with Gasteiger partial charge in [-0.2, -0.15) is 0 Å². The van der Waals surface area contributed by atoms with Crippen molar-refractivity contribution >= 4 is 43.4 Å². The van der Waals surface area contributed by atoms with Gasteiger partial charge in [-0.15, -0.1) is 0 Å². The van der Waals surface area contributed by atoms with E-state index in [-0.39, 0.29) is 0 Å². The van der Waals surface area contributed by atoms with Crippen LogP contribution in [0.2, 0.25) is 0 Å². The minimum absolute atomic E-state index is 0.844. The third-order valence-corrected chi connectivity index (χ3v) is 4.21. The number of nitrogens with one attached hydrogen (secondary N) is 1. The van der Waals surface area contributed by atoms with Crippen molar-refractivity contribution < 1.29 is 0 Å². The highest BCUT2D eigenvalue weighted by Gasteiger charge is 2.11. The Morgan fingerprint density at radius 3 is 2.72 bits per heavy atom. The van der Waals surface area contributed by atoms with Crippen LogP contribution in [0.4, 0.5) is 11.5 Å². The molecule has 4 heteroatoms. The summed E-state index contributed by atoms with van der Waals surface area (Å²) in [5, 5.41) is 3.35. The SMILES string of the molecule is Brc1cnc(Nc2ccc3c(c2)CCC3)c(Br)c1. The van der Waals surface area contributed by atoms with Gasteiger partial charge in [-0.05, 0) is 80.4 Å². The first-order chi connectivity index (χ1) is 8.72. The van der Waals surface area contributed by atoms with Crippen LogP contribution in [0, 0.1) is 0 Å². The fourth-order valence-electron chi connectivity index (χ4n) is 2.29. The van der Waals surface area contributed by atoms with Gasteiger partial charge in [-0.3, -0.25) is 0 Å². The summed E-state index contributed by atoms with van der Waals surface area (Å²) in [6.07, 6.45) is 5.48. The van der Waals surface area contributed by atoms with Crippen LogP contribution in [0.5, 0.6) is 0 Å². The van der Waals surface area contributed by atoms with Gasteiger partial charge in [0, 0.05) is 16.4 Å². The van der Waals surface area contributed by atoms with Crippen LogP contribution in [0.3, 0.4) is 0 Å². The minimum atomic E-state index is 0.844. The number of nitrogens with zero attached hydrogens (tertiary/aromatic N) is 1. The predicted octanol–water partition coefficient (Wildman–Crippen LogP) is 4.84. The Labute approximate surface area is 123 Å². The summed E-state index contributed by atoms with van der Waals surface area (Å²) >= 11 is 6.91. The van der Waals surface area contributed by atoms with E-state index in [0.29, 0.717) is 0 Å². The molecule has 1 aliphatic rings.